The van der Waals surface area contributed by atoms with Gasteiger partial charge in [0.05, 0.1) is 22.2 Å². The summed E-state index contributed by atoms with van der Waals surface area (Å²) in [5.74, 6) is 0. The number of nitrogens with zero attached hydrogens (tertiary/aromatic N) is 2. The van der Waals surface area contributed by atoms with Crippen molar-refractivity contribution in [2.24, 2.45) is 0 Å². The van der Waals surface area contributed by atoms with Crippen LogP contribution in [0, 0.1) is 0 Å². The molecule has 0 aliphatic rings. The molecule has 0 aliphatic heterocycles. The van der Waals surface area contributed by atoms with Gasteiger partial charge in [0, 0.05) is 38.2 Å². The summed E-state index contributed by atoms with van der Waals surface area (Å²) in [6.07, 6.45) is 0. The molecule has 8 aromatic carbocycles. The smallest absolute Gasteiger partial charge is 0.0794 e. The minimum atomic E-state index is 1.01. The molecule has 10 rings (SSSR count). The first kappa shape index (κ1) is 26.0. The summed E-state index contributed by atoms with van der Waals surface area (Å²) in [7, 11) is 0. The van der Waals surface area contributed by atoms with Crippen LogP contribution in [0.25, 0.3) is 93.1 Å². The molecule has 10 aromatic rings. The van der Waals surface area contributed by atoms with Crippen LogP contribution >= 0.6 is 0 Å². The van der Waals surface area contributed by atoms with Crippen LogP contribution in [0.4, 0.5) is 0 Å². The maximum Gasteiger partial charge on any atom is 0.0794 e. The Morgan fingerprint density at radius 2 is 0.745 bits per heavy atom. The van der Waals surface area contributed by atoms with E-state index >= 15 is 0 Å². The molecule has 2 nitrogen and oxygen atoms in total. The topological polar surface area (TPSA) is 17.8 Å². The van der Waals surface area contributed by atoms with Gasteiger partial charge in [-0.1, -0.05) is 140 Å². The van der Waals surface area contributed by atoms with E-state index in [1.807, 2.05) is 0 Å². The van der Waals surface area contributed by atoms with Crippen LogP contribution in [-0.2, 0) is 0 Å². The Labute approximate surface area is 271 Å². The van der Waals surface area contributed by atoms with Gasteiger partial charge in [-0.2, -0.15) is 0 Å². The van der Waals surface area contributed by atoms with E-state index in [0.29, 0.717) is 0 Å². The van der Waals surface area contributed by atoms with E-state index in [1.54, 1.807) is 0 Å². The minimum Gasteiger partial charge on any atom is -0.309 e. The summed E-state index contributed by atoms with van der Waals surface area (Å²) in [4.78, 5) is 5.32. The first-order valence-electron chi connectivity index (χ1n) is 16.1. The monoisotopic (exact) mass is 596 g/mol. The van der Waals surface area contributed by atoms with Gasteiger partial charge in [0.1, 0.15) is 0 Å². The first-order chi connectivity index (χ1) is 23.3. The minimum absolute atomic E-state index is 1.01. The molecule has 0 fully saturated rings. The number of fused-ring (bicyclic) bond motifs is 11. The van der Waals surface area contributed by atoms with E-state index in [9.17, 15) is 0 Å². The molecule has 0 spiro atoms. The molecule has 47 heavy (non-hydrogen) atoms. The molecule has 2 heterocycles. The fourth-order valence-electron chi connectivity index (χ4n) is 7.66. The quantitative estimate of drug-likeness (QED) is 0.186. The maximum atomic E-state index is 5.32. The Morgan fingerprint density at radius 3 is 1.34 bits per heavy atom. The highest BCUT2D eigenvalue weighted by Crippen LogP contribution is 2.43. The standard InChI is InChI=1S/C45H28N2/c1-3-15-37-33(11-1)34-12-2-4-16-38(34)44-43(37)39-17-5-8-18-40(39)46-45(44)31-23-21-29(22-24-31)30-25-27-32(28-26-30)47-41-19-9-6-13-35(41)36-14-7-10-20-42(36)47/h1-28H. The summed E-state index contributed by atoms with van der Waals surface area (Å²) < 4.78 is 2.36. The second kappa shape index (κ2) is 10.1. The van der Waals surface area contributed by atoms with Crippen LogP contribution in [0.5, 0.6) is 0 Å². The van der Waals surface area contributed by atoms with Crippen molar-refractivity contribution in [2.45, 2.75) is 0 Å². The zero-order valence-electron chi connectivity index (χ0n) is 25.6. The number of pyridine rings is 1. The fourth-order valence-corrected chi connectivity index (χ4v) is 7.66. The lowest BCUT2D eigenvalue weighted by atomic mass is 9.90. The molecule has 0 unspecified atom stereocenters. The van der Waals surface area contributed by atoms with Gasteiger partial charge in [-0.15, -0.1) is 0 Å². The van der Waals surface area contributed by atoms with Crippen molar-refractivity contribution in [2.75, 3.05) is 0 Å². The van der Waals surface area contributed by atoms with Gasteiger partial charge in [-0.05, 0) is 63.0 Å². The predicted octanol–water partition coefficient (Wildman–Crippen LogP) is 12.1. The molecule has 0 atom stereocenters. The molecule has 0 N–H and O–H groups in total. The molecule has 0 saturated carbocycles. The molecular weight excluding hydrogens is 569 g/mol. The SMILES string of the molecule is c1ccc2c(c1)nc(-c1ccc(-c3ccc(-n4c5ccccc5c5ccccc54)cc3)cc1)c1c3ccccc3c3ccccc3c21. The summed E-state index contributed by atoms with van der Waals surface area (Å²) in [6, 6.07) is 61.3. The van der Waals surface area contributed by atoms with Crippen molar-refractivity contribution in [3.8, 4) is 28.1 Å². The van der Waals surface area contributed by atoms with Gasteiger partial charge in [0.15, 0.2) is 0 Å². The van der Waals surface area contributed by atoms with Crippen LogP contribution in [0.3, 0.4) is 0 Å². The number of hydrogen-bond acceptors (Lipinski definition) is 1. The van der Waals surface area contributed by atoms with Crippen molar-refractivity contribution in [1.82, 2.24) is 9.55 Å². The molecule has 0 aliphatic carbocycles. The fraction of sp³-hybridized carbons (Fsp3) is 0. The zero-order valence-corrected chi connectivity index (χ0v) is 25.6. The van der Waals surface area contributed by atoms with Crippen LogP contribution < -0.4 is 0 Å². The molecule has 0 amide bonds. The lowest BCUT2D eigenvalue weighted by Gasteiger charge is -2.16. The number of benzene rings is 8. The van der Waals surface area contributed by atoms with Crippen molar-refractivity contribution >= 4 is 65.0 Å². The van der Waals surface area contributed by atoms with Gasteiger partial charge in [-0.3, -0.25) is 0 Å². The normalized spacial score (nSPS) is 11.8. The third kappa shape index (κ3) is 3.89. The van der Waals surface area contributed by atoms with E-state index in [0.717, 1.165) is 22.5 Å². The van der Waals surface area contributed by atoms with Crippen LogP contribution in [-0.4, -0.2) is 9.55 Å². The second-order valence-corrected chi connectivity index (χ2v) is 12.3. The van der Waals surface area contributed by atoms with E-state index in [-0.39, 0.29) is 0 Å². The van der Waals surface area contributed by atoms with Crippen LogP contribution in [0.15, 0.2) is 170 Å². The van der Waals surface area contributed by atoms with Crippen molar-refractivity contribution in [1.29, 1.82) is 0 Å². The molecule has 0 saturated heterocycles. The Bertz CT molecular complexity index is 2770. The van der Waals surface area contributed by atoms with Crippen LogP contribution in [0.2, 0.25) is 0 Å². The highest BCUT2D eigenvalue weighted by Gasteiger charge is 2.17. The molecule has 2 aromatic heterocycles. The Morgan fingerprint density at radius 1 is 0.319 bits per heavy atom. The van der Waals surface area contributed by atoms with Crippen molar-refractivity contribution < 1.29 is 0 Å². The number of aromatic nitrogens is 2. The Balaban J connectivity index is 1.12. The average molecular weight is 597 g/mol. The van der Waals surface area contributed by atoms with Gasteiger partial charge >= 0.3 is 0 Å². The predicted molar refractivity (Wildman–Crippen MR) is 199 cm³/mol. The van der Waals surface area contributed by atoms with Gasteiger partial charge in [0.2, 0.25) is 0 Å². The lowest BCUT2D eigenvalue weighted by molar-refractivity contribution is 1.18. The lowest BCUT2D eigenvalue weighted by Crippen LogP contribution is -1.94. The molecular formula is C45H28N2. The van der Waals surface area contributed by atoms with Gasteiger partial charge in [-0.25, -0.2) is 4.98 Å². The number of rotatable bonds is 3. The van der Waals surface area contributed by atoms with E-state index in [2.05, 4.69) is 174 Å². The molecule has 2 heteroatoms. The first-order valence-corrected chi connectivity index (χ1v) is 16.1. The molecule has 0 radical (unpaired) electrons. The highest BCUT2D eigenvalue weighted by atomic mass is 15.0. The summed E-state index contributed by atoms with van der Waals surface area (Å²) in [5.41, 5.74) is 9.13. The van der Waals surface area contributed by atoms with E-state index in [1.165, 1.54) is 70.6 Å². The third-order valence-electron chi connectivity index (χ3n) is 9.77. The zero-order chi connectivity index (χ0) is 30.9. The van der Waals surface area contributed by atoms with Gasteiger partial charge in [0.25, 0.3) is 0 Å². The molecule has 218 valence electrons. The summed E-state index contributed by atoms with van der Waals surface area (Å²) in [5, 5.41) is 11.3. The largest absolute Gasteiger partial charge is 0.309 e. The Hall–Kier alpha value is -6.25. The highest BCUT2D eigenvalue weighted by molar-refractivity contribution is 6.33. The van der Waals surface area contributed by atoms with E-state index < -0.39 is 0 Å². The molecule has 0 bridgehead atoms. The number of hydrogen-bond donors (Lipinski definition) is 0. The van der Waals surface area contributed by atoms with Crippen molar-refractivity contribution in [3.05, 3.63) is 170 Å². The third-order valence-corrected chi connectivity index (χ3v) is 9.77. The van der Waals surface area contributed by atoms with Crippen LogP contribution in [0.1, 0.15) is 0 Å². The van der Waals surface area contributed by atoms with E-state index in [4.69, 9.17) is 4.98 Å². The van der Waals surface area contributed by atoms with Crippen molar-refractivity contribution in [3.63, 3.8) is 0 Å². The average Bonchev–Trinajstić information content (AvgIpc) is 3.49. The van der Waals surface area contributed by atoms with Gasteiger partial charge < -0.3 is 4.57 Å². The number of para-hydroxylation sites is 3. The maximum absolute atomic E-state index is 5.32. The summed E-state index contributed by atoms with van der Waals surface area (Å²) in [6.45, 7) is 0. The summed E-state index contributed by atoms with van der Waals surface area (Å²) >= 11 is 0. The Kier molecular flexibility index (Phi) is 5.61. The second-order valence-electron chi connectivity index (χ2n) is 12.3.